The Labute approximate surface area is 167 Å². The molecule has 0 radical (unpaired) electrons. The Morgan fingerprint density at radius 1 is 1.11 bits per heavy atom. The smallest absolute Gasteiger partial charge is 0.191 e. The number of rotatable bonds is 9. The molecule has 0 aliphatic rings. The van der Waals surface area contributed by atoms with E-state index in [1.165, 1.54) is 5.56 Å². The summed E-state index contributed by atoms with van der Waals surface area (Å²) in [6.07, 6.45) is 1.89. The molecule has 0 amide bonds. The van der Waals surface area contributed by atoms with Gasteiger partial charge < -0.3 is 20.1 Å². The topological polar surface area (TPSA) is 78.7 Å². The van der Waals surface area contributed by atoms with Gasteiger partial charge in [0.2, 0.25) is 0 Å². The summed E-state index contributed by atoms with van der Waals surface area (Å²) in [5, 5.41) is 15.6. The average molecular weight is 380 g/mol. The van der Waals surface area contributed by atoms with Crippen LogP contribution in [-0.2, 0) is 13.0 Å². The number of aliphatic imine (C=N–C) groups is 1. The van der Waals surface area contributed by atoms with Crippen LogP contribution in [0.5, 0.6) is 11.5 Å². The molecule has 0 unspecified atom stereocenters. The summed E-state index contributed by atoms with van der Waals surface area (Å²) >= 11 is 0. The average Bonchev–Trinajstić information content (AvgIpc) is 2.74. The van der Waals surface area contributed by atoms with E-state index >= 15 is 0 Å². The lowest BCUT2D eigenvalue weighted by molar-refractivity contribution is 0.310. The van der Waals surface area contributed by atoms with Crippen molar-refractivity contribution in [2.75, 3.05) is 27.3 Å². The lowest BCUT2D eigenvalue weighted by Crippen LogP contribution is -2.37. The van der Waals surface area contributed by atoms with Crippen molar-refractivity contribution in [3.8, 4) is 17.6 Å². The zero-order valence-electron chi connectivity index (χ0n) is 16.8. The number of ether oxygens (including phenoxy) is 2. The quantitative estimate of drug-likeness (QED) is 0.397. The number of aryl methyl sites for hydroxylation is 1. The number of hydrogen-bond acceptors (Lipinski definition) is 4. The fourth-order valence-electron chi connectivity index (χ4n) is 2.80. The highest BCUT2D eigenvalue weighted by Gasteiger charge is 2.05. The van der Waals surface area contributed by atoms with Crippen molar-refractivity contribution in [1.29, 1.82) is 5.26 Å². The van der Waals surface area contributed by atoms with E-state index in [9.17, 15) is 0 Å². The standard InChI is InChI=1S/C22H28N4O2/c1-4-28-21-14-17(10-11-20(21)27-3)9-6-12-25-22(24-2)26-16-19-8-5-7-18(13-19)15-23/h5,7-8,10-11,13-14H,4,6,9,12,16H2,1-3H3,(H2,24,25,26). The Morgan fingerprint density at radius 2 is 1.96 bits per heavy atom. The van der Waals surface area contributed by atoms with Gasteiger partial charge in [-0.1, -0.05) is 18.2 Å². The van der Waals surface area contributed by atoms with Crippen LogP contribution in [0.1, 0.15) is 30.0 Å². The Bertz CT molecular complexity index is 828. The molecule has 0 aromatic heterocycles. The number of benzene rings is 2. The molecule has 0 atom stereocenters. The molecule has 0 aliphatic carbocycles. The van der Waals surface area contributed by atoms with Gasteiger partial charge in [-0.3, -0.25) is 4.99 Å². The molecule has 0 spiro atoms. The van der Waals surface area contributed by atoms with Crippen LogP contribution in [0.2, 0.25) is 0 Å². The van der Waals surface area contributed by atoms with E-state index < -0.39 is 0 Å². The van der Waals surface area contributed by atoms with E-state index in [2.05, 4.69) is 27.8 Å². The zero-order chi connectivity index (χ0) is 20.2. The van der Waals surface area contributed by atoms with Crippen LogP contribution in [0.3, 0.4) is 0 Å². The molecule has 0 bridgehead atoms. The van der Waals surface area contributed by atoms with Crippen LogP contribution < -0.4 is 20.1 Å². The molecule has 2 aromatic rings. The molecule has 2 aromatic carbocycles. The minimum Gasteiger partial charge on any atom is -0.493 e. The summed E-state index contributed by atoms with van der Waals surface area (Å²) in [6.45, 7) is 3.99. The molecule has 2 rings (SSSR count). The van der Waals surface area contributed by atoms with Crippen molar-refractivity contribution in [1.82, 2.24) is 10.6 Å². The van der Waals surface area contributed by atoms with E-state index in [1.54, 1.807) is 20.2 Å². The summed E-state index contributed by atoms with van der Waals surface area (Å²) in [5.41, 5.74) is 2.92. The number of hydrogen-bond donors (Lipinski definition) is 2. The molecular formula is C22H28N4O2. The summed E-state index contributed by atoms with van der Waals surface area (Å²) in [5.74, 6) is 2.29. The highest BCUT2D eigenvalue weighted by atomic mass is 16.5. The van der Waals surface area contributed by atoms with Crippen molar-refractivity contribution in [3.63, 3.8) is 0 Å². The normalized spacial score (nSPS) is 10.9. The zero-order valence-corrected chi connectivity index (χ0v) is 16.8. The van der Waals surface area contributed by atoms with Gasteiger partial charge in [-0.05, 0) is 55.2 Å². The minimum absolute atomic E-state index is 0.612. The summed E-state index contributed by atoms with van der Waals surface area (Å²) < 4.78 is 11.0. The molecule has 2 N–H and O–H groups in total. The third-order valence-electron chi connectivity index (χ3n) is 4.20. The van der Waals surface area contributed by atoms with E-state index in [0.29, 0.717) is 18.7 Å². The van der Waals surface area contributed by atoms with Gasteiger partial charge in [0, 0.05) is 20.1 Å². The van der Waals surface area contributed by atoms with E-state index in [1.807, 2.05) is 37.3 Å². The maximum Gasteiger partial charge on any atom is 0.191 e. The van der Waals surface area contributed by atoms with Crippen LogP contribution in [0, 0.1) is 11.3 Å². The molecule has 148 valence electrons. The first-order valence-corrected chi connectivity index (χ1v) is 9.43. The first-order chi connectivity index (χ1) is 13.7. The number of nitrogens with one attached hydrogen (secondary N) is 2. The second-order valence-electron chi connectivity index (χ2n) is 6.19. The monoisotopic (exact) mass is 380 g/mol. The highest BCUT2D eigenvalue weighted by molar-refractivity contribution is 5.79. The lowest BCUT2D eigenvalue weighted by atomic mass is 10.1. The van der Waals surface area contributed by atoms with Gasteiger partial charge in [-0.25, -0.2) is 0 Å². The second kappa shape index (κ2) is 11.5. The molecule has 6 heteroatoms. The maximum absolute atomic E-state index is 8.98. The van der Waals surface area contributed by atoms with Crippen molar-refractivity contribution in [2.24, 2.45) is 4.99 Å². The van der Waals surface area contributed by atoms with Gasteiger partial charge in [-0.15, -0.1) is 0 Å². The van der Waals surface area contributed by atoms with Crippen molar-refractivity contribution in [2.45, 2.75) is 26.3 Å². The molecule has 0 saturated heterocycles. The second-order valence-corrected chi connectivity index (χ2v) is 6.19. The molecule has 6 nitrogen and oxygen atoms in total. The Kier molecular flexibility index (Phi) is 8.67. The largest absolute Gasteiger partial charge is 0.493 e. The van der Waals surface area contributed by atoms with Crippen molar-refractivity contribution in [3.05, 3.63) is 59.2 Å². The number of guanidine groups is 1. The SMILES string of the molecule is CCOc1cc(CCCNC(=NC)NCc2cccc(C#N)c2)ccc1OC. The predicted octanol–water partition coefficient (Wildman–Crippen LogP) is 3.26. The van der Waals surface area contributed by atoms with E-state index in [-0.39, 0.29) is 0 Å². The first kappa shape index (κ1) is 21.1. The van der Waals surface area contributed by atoms with Gasteiger partial charge >= 0.3 is 0 Å². The first-order valence-electron chi connectivity index (χ1n) is 9.43. The minimum atomic E-state index is 0.612. The van der Waals surface area contributed by atoms with Gasteiger partial charge in [0.25, 0.3) is 0 Å². The van der Waals surface area contributed by atoms with Crippen LogP contribution in [0.4, 0.5) is 0 Å². The molecular weight excluding hydrogens is 352 g/mol. The van der Waals surface area contributed by atoms with Gasteiger partial charge in [-0.2, -0.15) is 5.26 Å². The summed E-state index contributed by atoms with van der Waals surface area (Å²) in [7, 11) is 3.40. The van der Waals surface area contributed by atoms with Gasteiger partial charge in [0.05, 0.1) is 25.3 Å². The summed E-state index contributed by atoms with van der Waals surface area (Å²) in [6, 6.07) is 15.8. The summed E-state index contributed by atoms with van der Waals surface area (Å²) in [4.78, 5) is 4.24. The Morgan fingerprint density at radius 3 is 2.68 bits per heavy atom. The third-order valence-corrected chi connectivity index (χ3v) is 4.20. The Balaban J connectivity index is 1.78. The lowest BCUT2D eigenvalue weighted by Gasteiger charge is -2.13. The Hall–Kier alpha value is -3.20. The third kappa shape index (κ3) is 6.51. The molecule has 0 heterocycles. The predicted molar refractivity (Wildman–Crippen MR) is 112 cm³/mol. The molecule has 0 saturated carbocycles. The highest BCUT2D eigenvalue weighted by Crippen LogP contribution is 2.28. The van der Waals surface area contributed by atoms with Crippen LogP contribution in [0.15, 0.2) is 47.5 Å². The van der Waals surface area contributed by atoms with E-state index in [0.717, 1.165) is 42.4 Å². The van der Waals surface area contributed by atoms with E-state index in [4.69, 9.17) is 14.7 Å². The molecule has 0 fully saturated rings. The van der Waals surface area contributed by atoms with Crippen molar-refractivity contribution < 1.29 is 9.47 Å². The molecule has 0 aliphatic heterocycles. The fraction of sp³-hybridized carbons (Fsp3) is 0.364. The van der Waals surface area contributed by atoms with Gasteiger partial charge in [0.1, 0.15) is 0 Å². The fourth-order valence-corrected chi connectivity index (χ4v) is 2.80. The van der Waals surface area contributed by atoms with Crippen LogP contribution in [-0.4, -0.2) is 33.3 Å². The number of nitriles is 1. The molecule has 28 heavy (non-hydrogen) atoms. The van der Waals surface area contributed by atoms with Gasteiger partial charge in [0.15, 0.2) is 17.5 Å². The maximum atomic E-state index is 8.98. The van der Waals surface area contributed by atoms with Crippen LogP contribution in [0.25, 0.3) is 0 Å². The van der Waals surface area contributed by atoms with Crippen LogP contribution >= 0.6 is 0 Å². The number of nitrogens with zero attached hydrogens (tertiary/aromatic N) is 2. The number of methoxy groups -OCH3 is 1. The van der Waals surface area contributed by atoms with Crippen molar-refractivity contribution >= 4 is 5.96 Å².